The van der Waals surface area contributed by atoms with Crippen LogP contribution in [0.2, 0.25) is 0 Å². The molecule has 0 aliphatic rings. The van der Waals surface area contributed by atoms with Crippen LogP contribution >= 0.6 is 0 Å². The van der Waals surface area contributed by atoms with Gasteiger partial charge in [-0.1, -0.05) is 5.16 Å². The van der Waals surface area contributed by atoms with Gasteiger partial charge in [0.2, 0.25) is 17.7 Å². The molecule has 7 heteroatoms. The zero-order valence-corrected chi connectivity index (χ0v) is 9.24. The van der Waals surface area contributed by atoms with Crippen molar-refractivity contribution in [1.82, 2.24) is 20.8 Å². The summed E-state index contributed by atoms with van der Waals surface area (Å²) < 4.78 is 4.72. The Morgan fingerprint density at radius 2 is 2.00 bits per heavy atom. The summed E-state index contributed by atoms with van der Waals surface area (Å²) in [7, 11) is 0. The Labute approximate surface area is 92.6 Å². The first-order valence-electron chi connectivity index (χ1n) is 4.88. The second-order valence-corrected chi connectivity index (χ2v) is 3.24. The molecule has 0 spiro atoms. The fourth-order valence-corrected chi connectivity index (χ4v) is 1.06. The fraction of sp³-hybridized carbons (Fsp3) is 0.556. The van der Waals surface area contributed by atoms with Crippen molar-refractivity contribution in [3.05, 3.63) is 11.7 Å². The second-order valence-electron chi connectivity index (χ2n) is 3.24. The van der Waals surface area contributed by atoms with Gasteiger partial charge in [-0.05, 0) is 0 Å². The summed E-state index contributed by atoms with van der Waals surface area (Å²) in [6, 6.07) is 0. The third-order valence-electron chi connectivity index (χ3n) is 1.71. The molecular weight excluding hydrogens is 212 g/mol. The first kappa shape index (κ1) is 12.2. The Hall–Kier alpha value is -1.92. The molecule has 0 fully saturated rings. The number of amides is 2. The summed E-state index contributed by atoms with van der Waals surface area (Å²) in [6.45, 7) is 3.87. The first-order chi connectivity index (χ1) is 7.58. The number of nitrogens with one attached hydrogen (secondary N) is 2. The molecule has 0 saturated carbocycles. The lowest BCUT2D eigenvalue weighted by Gasteiger charge is -2.03. The van der Waals surface area contributed by atoms with Gasteiger partial charge in [-0.25, -0.2) is 0 Å². The van der Waals surface area contributed by atoms with E-state index in [0.29, 0.717) is 24.8 Å². The molecule has 0 aliphatic carbocycles. The maximum Gasteiger partial charge on any atom is 0.227 e. The Morgan fingerprint density at radius 3 is 2.56 bits per heavy atom. The minimum absolute atomic E-state index is 0.0808. The summed E-state index contributed by atoms with van der Waals surface area (Å²) in [5.41, 5.74) is 0. The molecule has 0 atom stereocenters. The molecule has 1 rings (SSSR count). The van der Waals surface area contributed by atoms with Crippen LogP contribution in [0, 0.1) is 6.92 Å². The van der Waals surface area contributed by atoms with Crippen molar-refractivity contribution in [2.45, 2.75) is 20.3 Å². The topological polar surface area (TPSA) is 97.1 Å². The summed E-state index contributed by atoms with van der Waals surface area (Å²) in [5, 5.41) is 8.78. The monoisotopic (exact) mass is 226 g/mol. The van der Waals surface area contributed by atoms with Gasteiger partial charge in [0, 0.05) is 26.9 Å². The van der Waals surface area contributed by atoms with Crippen LogP contribution in [0.3, 0.4) is 0 Å². The van der Waals surface area contributed by atoms with Crippen molar-refractivity contribution >= 4 is 11.8 Å². The molecule has 16 heavy (non-hydrogen) atoms. The molecule has 0 bridgehead atoms. The molecule has 0 aromatic carbocycles. The SMILES string of the molecule is CC(=O)NCCNC(=O)Cc1noc(C)n1. The fourth-order valence-electron chi connectivity index (χ4n) is 1.06. The van der Waals surface area contributed by atoms with Crippen molar-refractivity contribution < 1.29 is 14.1 Å². The standard InChI is InChI=1S/C9H14N4O3/c1-6(14)10-3-4-11-9(15)5-8-12-7(2)16-13-8/h3-5H2,1-2H3,(H,10,14)(H,11,15). The van der Waals surface area contributed by atoms with Crippen LogP contribution < -0.4 is 10.6 Å². The van der Waals surface area contributed by atoms with E-state index in [9.17, 15) is 9.59 Å². The highest BCUT2D eigenvalue weighted by molar-refractivity contribution is 5.77. The highest BCUT2D eigenvalue weighted by Crippen LogP contribution is 1.95. The van der Waals surface area contributed by atoms with Gasteiger partial charge in [-0.15, -0.1) is 0 Å². The van der Waals surface area contributed by atoms with E-state index in [4.69, 9.17) is 4.52 Å². The molecule has 2 N–H and O–H groups in total. The molecule has 1 aromatic heterocycles. The van der Waals surface area contributed by atoms with Gasteiger partial charge in [0.05, 0.1) is 6.42 Å². The normalized spacial score (nSPS) is 9.88. The lowest BCUT2D eigenvalue weighted by Crippen LogP contribution is -2.34. The van der Waals surface area contributed by atoms with Crippen molar-refractivity contribution in [2.24, 2.45) is 0 Å². The van der Waals surface area contributed by atoms with Crippen molar-refractivity contribution in [3.63, 3.8) is 0 Å². The zero-order valence-electron chi connectivity index (χ0n) is 9.24. The number of carbonyl (C=O) groups is 2. The lowest BCUT2D eigenvalue weighted by molar-refractivity contribution is -0.121. The van der Waals surface area contributed by atoms with Gasteiger partial charge in [0.15, 0.2) is 5.82 Å². The zero-order chi connectivity index (χ0) is 12.0. The highest BCUT2D eigenvalue weighted by Gasteiger charge is 2.08. The van der Waals surface area contributed by atoms with Crippen LogP contribution in [-0.2, 0) is 16.0 Å². The molecule has 7 nitrogen and oxygen atoms in total. The van der Waals surface area contributed by atoms with E-state index in [1.807, 2.05) is 0 Å². The van der Waals surface area contributed by atoms with Gasteiger partial charge in [-0.2, -0.15) is 4.98 Å². The molecule has 88 valence electrons. The van der Waals surface area contributed by atoms with E-state index in [1.54, 1.807) is 6.92 Å². The Morgan fingerprint density at radius 1 is 1.31 bits per heavy atom. The minimum atomic E-state index is -0.203. The molecule has 0 unspecified atom stereocenters. The average molecular weight is 226 g/mol. The number of hydrogen-bond donors (Lipinski definition) is 2. The van der Waals surface area contributed by atoms with Gasteiger partial charge in [0.25, 0.3) is 0 Å². The van der Waals surface area contributed by atoms with Crippen molar-refractivity contribution in [3.8, 4) is 0 Å². The van der Waals surface area contributed by atoms with E-state index >= 15 is 0 Å². The van der Waals surface area contributed by atoms with Crippen LogP contribution in [0.1, 0.15) is 18.6 Å². The maximum absolute atomic E-state index is 11.3. The Kier molecular flexibility index (Phi) is 4.43. The van der Waals surface area contributed by atoms with Crippen LogP contribution in [0.15, 0.2) is 4.52 Å². The molecule has 2 amide bonds. The molecule has 0 radical (unpaired) electrons. The highest BCUT2D eigenvalue weighted by atomic mass is 16.5. The quantitative estimate of drug-likeness (QED) is 0.639. The van der Waals surface area contributed by atoms with Crippen LogP contribution in [0.25, 0.3) is 0 Å². The summed E-state index contributed by atoms with van der Waals surface area (Å²) in [5.74, 6) is 0.463. The van der Waals surface area contributed by atoms with Crippen molar-refractivity contribution in [2.75, 3.05) is 13.1 Å². The number of hydrogen-bond acceptors (Lipinski definition) is 5. The predicted octanol–water partition coefficient (Wildman–Crippen LogP) is -0.827. The lowest BCUT2D eigenvalue weighted by atomic mass is 10.4. The summed E-state index contributed by atoms with van der Waals surface area (Å²) in [4.78, 5) is 25.7. The Balaban J connectivity index is 2.18. The third-order valence-corrected chi connectivity index (χ3v) is 1.71. The van der Waals surface area contributed by atoms with Gasteiger partial charge < -0.3 is 15.2 Å². The molecule has 0 aliphatic heterocycles. The van der Waals surface area contributed by atoms with E-state index in [1.165, 1.54) is 6.92 Å². The number of rotatable bonds is 5. The third kappa shape index (κ3) is 4.54. The van der Waals surface area contributed by atoms with Crippen LogP contribution in [0.4, 0.5) is 0 Å². The second kappa shape index (κ2) is 5.84. The average Bonchev–Trinajstić information content (AvgIpc) is 2.58. The molecule has 0 saturated heterocycles. The number of carbonyl (C=O) groups excluding carboxylic acids is 2. The summed E-state index contributed by atoms with van der Waals surface area (Å²) in [6.07, 6.45) is 0.0808. The largest absolute Gasteiger partial charge is 0.355 e. The van der Waals surface area contributed by atoms with Crippen LogP contribution in [0.5, 0.6) is 0 Å². The number of nitrogens with zero attached hydrogens (tertiary/aromatic N) is 2. The minimum Gasteiger partial charge on any atom is -0.355 e. The van der Waals surface area contributed by atoms with Crippen molar-refractivity contribution in [1.29, 1.82) is 0 Å². The molecular formula is C9H14N4O3. The van der Waals surface area contributed by atoms with Gasteiger partial charge in [0.1, 0.15) is 0 Å². The molecule has 1 heterocycles. The Bertz CT molecular complexity index is 375. The number of aromatic nitrogens is 2. The van der Waals surface area contributed by atoms with E-state index in [2.05, 4.69) is 20.8 Å². The van der Waals surface area contributed by atoms with E-state index < -0.39 is 0 Å². The summed E-state index contributed by atoms with van der Waals surface area (Å²) >= 11 is 0. The smallest absolute Gasteiger partial charge is 0.227 e. The van der Waals surface area contributed by atoms with Gasteiger partial charge in [-0.3, -0.25) is 9.59 Å². The first-order valence-corrected chi connectivity index (χ1v) is 4.88. The maximum atomic E-state index is 11.3. The van der Waals surface area contributed by atoms with Crippen LogP contribution in [-0.4, -0.2) is 35.0 Å². The van der Waals surface area contributed by atoms with Gasteiger partial charge >= 0.3 is 0 Å². The number of aryl methyl sites for hydroxylation is 1. The predicted molar refractivity (Wildman–Crippen MR) is 54.4 cm³/mol. The van der Waals surface area contributed by atoms with E-state index in [-0.39, 0.29) is 18.2 Å². The van der Waals surface area contributed by atoms with E-state index in [0.717, 1.165) is 0 Å². The molecule has 1 aromatic rings.